The van der Waals surface area contributed by atoms with Crippen LogP contribution in [-0.4, -0.2) is 54.1 Å². The van der Waals surface area contributed by atoms with E-state index < -0.39 is 0 Å². The largest absolute Gasteiger partial charge is 0.321 e. The molecular weight excluding hydrogens is 190 g/mol. The van der Waals surface area contributed by atoms with Crippen LogP contribution in [-0.2, 0) is 0 Å². The summed E-state index contributed by atoms with van der Waals surface area (Å²) in [6.45, 7) is 7.16. The Morgan fingerprint density at radius 1 is 1.47 bits per heavy atom. The zero-order chi connectivity index (χ0) is 11.1. The van der Waals surface area contributed by atoms with Crippen LogP contribution in [0.3, 0.4) is 0 Å². The Morgan fingerprint density at radius 3 is 2.67 bits per heavy atom. The molecule has 4 heteroatoms. The van der Waals surface area contributed by atoms with Crippen molar-refractivity contribution in [2.24, 2.45) is 0 Å². The number of likely N-dealkylation sites (N-methyl/N-ethyl adjacent to an activating group) is 1. The van der Waals surface area contributed by atoms with Gasteiger partial charge in [0.2, 0.25) is 0 Å². The van der Waals surface area contributed by atoms with Gasteiger partial charge in [-0.1, -0.05) is 0 Å². The van der Waals surface area contributed by atoms with E-state index in [4.69, 9.17) is 0 Å². The van der Waals surface area contributed by atoms with E-state index in [0.29, 0.717) is 6.04 Å². The van der Waals surface area contributed by atoms with Crippen molar-refractivity contribution in [2.75, 3.05) is 26.7 Å². The number of nitrogens with zero attached hydrogens (tertiary/aromatic N) is 2. The van der Waals surface area contributed by atoms with Gasteiger partial charge in [0.25, 0.3) is 0 Å². The van der Waals surface area contributed by atoms with Crippen LogP contribution in [0.25, 0.3) is 0 Å². The molecule has 0 aromatic heterocycles. The highest BCUT2D eigenvalue weighted by Gasteiger charge is 2.43. The SMILES string of the molecule is CN1C(=O)N(C2CCCNC2)CC1(C)C. The second-order valence-electron chi connectivity index (χ2n) is 5.28. The van der Waals surface area contributed by atoms with Gasteiger partial charge in [0.15, 0.2) is 0 Å². The molecular formula is C11H21N3O. The van der Waals surface area contributed by atoms with Crippen LogP contribution in [0.1, 0.15) is 26.7 Å². The van der Waals surface area contributed by atoms with Gasteiger partial charge in [-0.25, -0.2) is 4.79 Å². The third-order valence-corrected chi connectivity index (χ3v) is 3.71. The van der Waals surface area contributed by atoms with Gasteiger partial charge in [-0.3, -0.25) is 0 Å². The zero-order valence-electron chi connectivity index (χ0n) is 9.92. The summed E-state index contributed by atoms with van der Waals surface area (Å²) in [5.41, 5.74) is -0.0193. The van der Waals surface area contributed by atoms with Gasteiger partial charge in [-0.15, -0.1) is 0 Å². The molecule has 0 aromatic rings. The fourth-order valence-electron chi connectivity index (χ4n) is 2.43. The van der Waals surface area contributed by atoms with Crippen molar-refractivity contribution in [2.45, 2.75) is 38.3 Å². The van der Waals surface area contributed by atoms with E-state index in [0.717, 1.165) is 26.1 Å². The lowest BCUT2D eigenvalue weighted by Crippen LogP contribution is -2.47. The summed E-state index contributed by atoms with van der Waals surface area (Å²) in [5, 5.41) is 3.36. The van der Waals surface area contributed by atoms with Gasteiger partial charge in [0.05, 0.1) is 5.54 Å². The quantitative estimate of drug-likeness (QED) is 0.699. The molecule has 2 heterocycles. The molecule has 0 aliphatic carbocycles. The summed E-state index contributed by atoms with van der Waals surface area (Å²) < 4.78 is 0. The Morgan fingerprint density at radius 2 is 2.20 bits per heavy atom. The first-order chi connectivity index (χ1) is 7.02. The third kappa shape index (κ3) is 1.83. The van der Waals surface area contributed by atoms with Gasteiger partial charge in [0.1, 0.15) is 0 Å². The van der Waals surface area contributed by atoms with Crippen LogP contribution in [0.15, 0.2) is 0 Å². The van der Waals surface area contributed by atoms with Crippen molar-refractivity contribution < 1.29 is 4.79 Å². The Bertz CT molecular complexity index is 259. The topological polar surface area (TPSA) is 35.6 Å². The van der Waals surface area contributed by atoms with E-state index in [2.05, 4.69) is 19.2 Å². The number of urea groups is 1. The maximum atomic E-state index is 12.0. The first-order valence-corrected chi connectivity index (χ1v) is 5.77. The average Bonchev–Trinajstić information content (AvgIpc) is 2.44. The van der Waals surface area contributed by atoms with E-state index >= 15 is 0 Å². The molecule has 86 valence electrons. The van der Waals surface area contributed by atoms with Gasteiger partial charge >= 0.3 is 6.03 Å². The molecule has 2 saturated heterocycles. The number of hydrogen-bond donors (Lipinski definition) is 1. The van der Waals surface area contributed by atoms with E-state index in [1.165, 1.54) is 6.42 Å². The van der Waals surface area contributed by atoms with Crippen LogP contribution in [0.2, 0.25) is 0 Å². The zero-order valence-corrected chi connectivity index (χ0v) is 9.92. The van der Waals surface area contributed by atoms with E-state index in [1.54, 1.807) is 0 Å². The van der Waals surface area contributed by atoms with Crippen LogP contribution < -0.4 is 5.32 Å². The number of hydrogen-bond acceptors (Lipinski definition) is 2. The van der Waals surface area contributed by atoms with Crippen molar-refractivity contribution in [1.29, 1.82) is 0 Å². The minimum Gasteiger partial charge on any atom is -0.321 e. The minimum absolute atomic E-state index is 0.0193. The van der Waals surface area contributed by atoms with Gasteiger partial charge in [-0.2, -0.15) is 0 Å². The minimum atomic E-state index is -0.0193. The van der Waals surface area contributed by atoms with E-state index in [1.807, 2.05) is 16.8 Å². The summed E-state index contributed by atoms with van der Waals surface area (Å²) in [5.74, 6) is 0. The first kappa shape index (κ1) is 10.7. The molecule has 2 amide bonds. The number of carbonyl (C=O) groups is 1. The standard InChI is InChI=1S/C11H21N3O/c1-11(2)8-14(10(15)13(11)3)9-5-4-6-12-7-9/h9,12H,4-8H2,1-3H3. The molecule has 4 nitrogen and oxygen atoms in total. The molecule has 2 aliphatic rings. The van der Waals surface area contributed by atoms with E-state index in [9.17, 15) is 4.79 Å². The fourth-order valence-corrected chi connectivity index (χ4v) is 2.43. The smallest absolute Gasteiger partial charge is 0.320 e. The highest BCUT2D eigenvalue weighted by atomic mass is 16.2. The maximum Gasteiger partial charge on any atom is 0.320 e. The molecule has 2 aliphatic heterocycles. The first-order valence-electron chi connectivity index (χ1n) is 5.77. The highest BCUT2D eigenvalue weighted by molar-refractivity contribution is 5.78. The maximum absolute atomic E-state index is 12.0. The Hall–Kier alpha value is -0.770. The van der Waals surface area contributed by atoms with Crippen LogP contribution in [0, 0.1) is 0 Å². The molecule has 1 N–H and O–H groups in total. The third-order valence-electron chi connectivity index (χ3n) is 3.71. The second-order valence-corrected chi connectivity index (χ2v) is 5.28. The summed E-state index contributed by atoms with van der Waals surface area (Å²) >= 11 is 0. The molecule has 0 radical (unpaired) electrons. The van der Waals surface area contributed by atoms with E-state index in [-0.39, 0.29) is 11.6 Å². The Balaban J connectivity index is 2.07. The molecule has 15 heavy (non-hydrogen) atoms. The van der Waals surface area contributed by atoms with Crippen molar-refractivity contribution in [3.05, 3.63) is 0 Å². The molecule has 0 bridgehead atoms. The lowest BCUT2D eigenvalue weighted by atomic mass is 10.0. The molecule has 2 rings (SSSR count). The lowest BCUT2D eigenvalue weighted by molar-refractivity contribution is 0.170. The van der Waals surface area contributed by atoms with Crippen LogP contribution in [0.4, 0.5) is 4.79 Å². The molecule has 0 saturated carbocycles. The molecule has 2 fully saturated rings. The number of carbonyl (C=O) groups excluding carboxylic acids is 1. The number of piperidine rings is 1. The van der Waals surface area contributed by atoms with Crippen LogP contribution >= 0.6 is 0 Å². The molecule has 1 atom stereocenters. The van der Waals surface area contributed by atoms with Gasteiger partial charge in [0, 0.05) is 26.2 Å². The molecule has 1 unspecified atom stereocenters. The summed E-state index contributed by atoms with van der Waals surface area (Å²) in [6.07, 6.45) is 2.32. The molecule has 0 aromatic carbocycles. The monoisotopic (exact) mass is 211 g/mol. The van der Waals surface area contributed by atoms with Crippen molar-refractivity contribution in [3.63, 3.8) is 0 Å². The summed E-state index contributed by atoms with van der Waals surface area (Å²) in [4.78, 5) is 15.9. The van der Waals surface area contributed by atoms with Gasteiger partial charge in [-0.05, 0) is 33.2 Å². The van der Waals surface area contributed by atoms with Crippen molar-refractivity contribution in [3.8, 4) is 0 Å². The number of rotatable bonds is 1. The lowest BCUT2D eigenvalue weighted by Gasteiger charge is -2.31. The number of amides is 2. The van der Waals surface area contributed by atoms with Crippen molar-refractivity contribution >= 4 is 6.03 Å². The highest BCUT2D eigenvalue weighted by Crippen LogP contribution is 2.27. The predicted molar refractivity (Wildman–Crippen MR) is 59.8 cm³/mol. The summed E-state index contributed by atoms with van der Waals surface area (Å²) in [7, 11) is 1.90. The van der Waals surface area contributed by atoms with Gasteiger partial charge < -0.3 is 15.1 Å². The van der Waals surface area contributed by atoms with Crippen molar-refractivity contribution in [1.82, 2.24) is 15.1 Å². The average molecular weight is 211 g/mol. The normalized spacial score (nSPS) is 31.1. The fraction of sp³-hybridized carbons (Fsp3) is 0.909. The number of nitrogens with one attached hydrogen (secondary N) is 1. The predicted octanol–water partition coefficient (Wildman–Crippen LogP) is 0.884. The Labute approximate surface area is 91.6 Å². The molecule has 0 spiro atoms. The summed E-state index contributed by atoms with van der Waals surface area (Å²) in [6, 6.07) is 0.587. The second kappa shape index (κ2) is 3.67. The Kier molecular flexibility index (Phi) is 2.63. The van der Waals surface area contributed by atoms with Crippen LogP contribution in [0.5, 0.6) is 0 Å².